The van der Waals surface area contributed by atoms with Crippen molar-refractivity contribution in [1.29, 1.82) is 0 Å². The molecule has 0 aliphatic carbocycles. The van der Waals surface area contributed by atoms with Gasteiger partial charge in [0.1, 0.15) is 5.82 Å². The number of pyridine rings is 1. The van der Waals surface area contributed by atoms with Crippen LogP contribution in [0.3, 0.4) is 0 Å². The fourth-order valence-corrected chi connectivity index (χ4v) is 2.14. The fraction of sp³-hybridized carbons (Fsp3) is 0.0588. The number of amides is 1. The van der Waals surface area contributed by atoms with Crippen molar-refractivity contribution in [3.63, 3.8) is 0 Å². The molecule has 2 aromatic heterocycles. The molecule has 5 nitrogen and oxygen atoms in total. The highest BCUT2D eigenvalue weighted by Gasteiger charge is 2.14. The van der Waals surface area contributed by atoms with Crippen molar-refractivity contribution in [3.8, 4) is 11.6 Å². The Labute approximate surface area is 136 Å². The standard InChI is InChI=1S/C17H13F2N3O2/c1-24-15-9-12(18)14(8-13(15)19)21-17(23)11-4-5-16(20-10-11)22-6-2-3-7-22/h2-10H,1H3,(H,21,23). The smallest absolute Gasteiger partial charge is 0.257 e. The lowest BCUT2D eigenvalue weighted by Crippen LogP contribution is -2.14. The summed E-state index contributed by atoms with van der Waals surface area (Å²) in [5, 5.41) is 2.32. The van der Waals surface area contributed by atoms with Gasteiger partial charge in [0.25, 0.3) is 5.91 Å². The van der Waals surface area contributed by atoms with E-state index in [0.717, 1.165) is 12.1 Å². The molecule has 0 atom stereocenters. The number of nitrogens with one attached hydrogen (secondary N) is 1. The Kier molecular flexibility index (Phi) is 4.24. The molecule has 0 aliphatic rings. The zero-order valence-electron chi connectivity index (χ0n) is 12.7. The predicted molar refractivity (Wildman–Crippen MR) is 84.4 cm³/mol. The number of anilines is 1. The molecule has 0 aliphatic heterocycles. The molecule has 2 heterocycles. The summed E-state index contributed by atoms with van der Waals surface area (Å²) in [7, 11) is 1.23. The zero-order chi connectivity index (χ0) is 17.1. The first-order valence-electron chi connectivity index (χ1n) is 7.02. The van der Waals surface area contributed by atoms with Crippen LogP contribution in [0.2, 0.25) is 0 Å². The van der Waals surface area contributed by atoms with Gasteiger partial charge in [0.05, 0.1) is 18.4 Å². The van der Waals surface area contributed by atoms with Gasteiger partial charge in [-0.1, -0.05) is 0 Å². The van der Waals surface area contributed by atoms with Crippen LogP contribution in [-0.2, 0) is 0 Å². The monoisotopic (exact) mass is 329 g/mol. The molecule has 3 aromatic rings. The van der Waals surface area contributed by atoms with Gasteiger partial charge in [-0.15, -0.1) is 0 Å². The summed E-state index contributed by atoms with van der Waals surface area (Å²) >= 11 is 0. The number of benzene rings is 1. The quantitative estimate of drug-likeness (QED) is 0.798. The minimum Gasteiger partial charge on any atom is -0.494 e. The summed E-state index contributed by atoms with van der Waals surface area (Å²) < 4.78 is 34.0. The van der Waals surface area contributed by atoms with Crippen molar-refractivity contribution < 1.29 is 18.3 Å². The second-order valence-electron chi connectivity index (χ2n) is 4.92. The predicted octanol–water partition coefficient (Wildman–Crippen LogP) is 3.41. The number of halogens is 2. The van der Waals surface area contributed by atoms with Crippen LogP contribution in [0.1, 0.15) is 10.4 Å². The van der Waals surface area contributed by atoms with Crippen LogP contribution in [0.25, 0.3) is 5.82 Å². The lowest BCUT2D eigenvalue weighted by molar-refractivity contribution is 0.102. The molecule has 0 spiro atoms. The summed E-state index contributed by atoms with van der Waals surface area (Å²) in [6, 6.07) is 8.65. The molecule has 0 saturated carbocycles. The van der Waals surface area contributed by atoms with Crippen LogP contribution in [0.5, 0.6) is 5.75 Å². The molecule has 0 saturated heterocycles. The summed E-state index contributed by atoms with van der Waals surface area (Å²) in [5.41, 5.74) is -0.0469. The molecule has 0 bridgehead atoms. The minimum atomic E-state index is -0.793. The largest absolute Gasteiger partial charge is 0.494 e. The average molecular weight is 329 g/mol. The van der Waals surface area contributed by atoms with E-state index in [9.17, 15) is 13.6 Å². The molecule has 122 valence electrons. The van der Waals surface area contributed by atoms with Gasteiger partial charge in [-0.25, -0.2) is 13.8 Å². The van der Waals surface area contributed by atoms with Gasteiger partial charge >= 0.3 is 0 Å². The number of rotatable bonds is 4. The van der Waals surface area contributed by atoms with E-state index in [-0.39, 0.29) is 17.0 Å². The topological polar surface area (TPSA) is 56.1 Å². The first kappa shape index (κ1) is 15.7. The number of ether oxygens (including phenoxy) is 1. The SMILES string of the molecule is COc1cc(F)c(NC(=O)c2ccc(-n3cccc3)nc2)cc1F. The van der Waals surface area contributed by atoms with E-state index < -0.39 is 17.5 Å². The van der Waals surface area contributed by atoms with E-state index >= 15 is 0 Å². The third kappa shape index (κ3) is 3.10. The molecule has 24 heavy (non-hydrogen) atoms. The van der Waals surface area contributed by atoms with E-state index in [2.05, 4.69) is 15.0 Å². The Balaban J connectivity index is 1.79. The molecular formula is C17H13F2N3O2. The fourth-order valence-electron chi connectivity index (χ4n) is 2.14. The van der Waals surface area contributed by atoms with Gasteiger partial charge in [-0.2, -0.15) is 0 Å². The van der Waals surface area contributed by atoms with E-state index in [0.29, 0.717) is 5.82 Å². The van der Waals surface area contributed by atoms with Gasteiger partial charge in [0.15, 0.2) is 17.4 Å². The lowest BCUT2D eigenvalue weighted by Gasteiger charge is -2.09. The van der Waals surface area contributed by atoms with E-state index in [1.54, 1.807) is 16.7 Å². The van der Waals surface area contributed by atoms with Crippen molar-refractivity contribution in [2.75, 3.05) is 12.4 Å². The number of hydrogen-bond donors (Lipinski definition) is 1. The maximum absolute atomic E-state index is 13.9. The first-order chi connectivity index (χ1) is 11.6. The Bertz CT molecular complexity index is 862. The average Bonchev–Trinajstić information content (AvgIpc) is 3.12. The van der Waals surface area contributed by atoms with E-state index in [1.165, 1.54) is 13.3 Å². The van der Waals surface area contributed by atoms with Crippen LogP contribution in [0.15, 0.2) is 55.0 Å². The second-order valence-corrected chi connectivity index (χ2v) is 4.92. The molecule has 0 radical (unpaired) electrons. The molecule has 1 aromatic carbocycles. The van der Waals surface area contributed by atoms with Crippen molar-refractivity contribution >= 4 is 11.6 Å². The van der Waals surface area contributed by atoms with Gasteiger partial charge in [-0.3, -0.25) is 4.79 Å². The first-order valence-corrected chi connectivity index (χ1v) is 7.02. The van der Waals surface area contributed by atoms with Crippen LogP contribution >= 0.6 is 0 Å². The molecule has 7 heteroatoms. The molecule has 1 N–H and O–H groups in total. The third-order valence-corrected chi connectivity index (χ3v) is 3.37. The molecule has 0 unspecified atom stereocenters. The summed E-state index contributed by atoms with van der Waals surface area (Å²) in [6.07, 6.45) is 5.00. The highest BCUT2D eigenvalue weighted by molar-refractivity contribution is 6.04. The Morgan fingerprint density at radius 2 is 1.92 bits per heavy atom. The maximum Gasteiger partial charge on any atom is 0.257 e. The summed E-state index contributed by atoms with van der Waals surface area (Å²) in [5.74, 6) is -1.75. The number of carbonyl (C=O) groups excluding carboxylic acids is 1. The normalized spacial score (nSPS) is 10.5. The number of hydrogen-bond acceptors (Lipinski definition) is 3. The van der Waals surface area contributed by atoms with Gasteiger partial charge < -0.3 is 14.6 Å². The summed E-state index contributed by atoms with van der Waals surface area (Å²) in [4.78, 5) is 16.3. The Morgan fingerprint density at radius 3 is 2.54 bits per heavy atom. The van der Waals surface area contributed by atoms with Crippen LogP contribution in [-0.4, -0.2) is 22.6 Å². The molecular weight excluding hydrogens is 316 g/mol. The maximum atomic E-state index is 13.9. The van der Waals surface area contributed by atoms with Crippen LogP contribution in [0.4, 0.5) is 14.5 Å². The van der Waals surface area contributed by atoms with Crippen LogP contribution in [0, 0.1) is 11.6 Å². The van der Waals surface area contributed by atoms with Crippen molar-refractivity contribution in [2.45, 2.75) is 0 Å². The molecule has 0 fully saturated rings. The third-order valence-electron chi connectivity index (χ3n) is 3.37. The van der Waals surface area contributed by atoms with Gasteiger partial charge in [0.2, 0.25) is 0 Å². The van der Waals surface area contributed by atoms with Gasteiger partial charge in [-0.05, 0) is 24.3 Å². The molecule has 3 rings (SSSR count). The highest BCUT2D eigenvalue weighted by atomic mass is 19.1. The summed E-state index contributed by atoms with van der Waals surface area (Å²) in [6.45, 7) is 0. The highest BCUT2D eigenvalue weighted by Crippen LogP contribution is 2.25. The van der Waals surface area contributed by atoms with Gasteiger partial charge in [0, 0.05) is 30.7 Å². The Morgan fingerprint density at radius 1 is 1.17 bits per heavy atom. The van der Waals surface area contributed by atoms with Crippen molar-refractivity contribution in [1.82, 2.24) is 9.55 Å². The lowest BCUT2D eigenvalue weighted by atomic mass is 10.2. The molecule has 1 amide bonds. The number of aromatic nitrogens is 2. The van der Waals surface area contributed by atoms with Crippen LogP contribution < -0.4 is 10.1 Å². The minimum absolute atomic E-state index is 0.224. The van der Waals surface area contributed by atoms with E-state index in [4.69, 9.17) is 0 Å². The van der Waals surface area contributed by atoms with E-state index in [1.807, 2.05) is 24.5 Å². The number of nitrogens with zero attached hydrogens (tertiary/aromatic N) is 2. The van der Waals surface area contributed by atoms with Crippen molar-refractivity contribution in [2.24, 2.45) is 0 Å². The second kappa shape index (κ2) is 6.49. The Hall–Kier alpha value is -3.22. The zero-order valence-corrected chi connectivity index (χ0v) is 12.7. The van der Waals surface area contributed by atoms with Crippen molar-refractivity contribution in [3.05, 3.63) is 72.2 Å². The number of methoxy groups -OCH3 is 1. The number of carbonyl (C=O) groups is 1.